The number of nitrogens with zero attached hydrogens (tertiary/aromatic N) is 2. The minimum Gasteiger partial charge on any atom is -0.325 e. The van der Waals surface area contributed by atoms with E-state index in [0.29, 0.717) is 17.3 Å². The molecule has 0 unspecified atom stereocenters. The Balaban J connectivity index is 1.53. The smallest absolute Gasteiger partial charge is 0.238 e. The van der Waals surface area contributed by atoms with Crippen molar-refractivity contribution in [2.24, 2.45) is 5.92 Å². The Kier molecular flexibility index (Phi) is 5.30. The van der Waals surface area contributed by atoms with Gasteiger partial charge < -0.3 is 10.6 Å². The van der Waals surface area contributed by atoms with E-state index in [4.69, 9.17) is 11.6 Å². The average molecular weight is 355 g/mol. The Morgan fingerprint density at radius 1 is 1.45 bits per heavy atom. The maximum Gasteiger partial charge on any atom is 0.238 e. The van der Waals surface area contributed by atoms with Crippen molar-refractivity contribution in [3.05, 3.63) is 28.7 Å². The van der Waals surface area contributed by atoms with E-state index in [1.165, 1.54) is 35.9 Å². The van der Waals surface area contributed by atoms with E-state index in [9.17, 15) is 4.79 Å². The second kappa shape index (κ2) is 7.41. The molecule has 0 atom stereocenters. The first-order chi connectivity index (χ1) is 10.7. The van der Waals surface area contributed by atoms with Gasteiger partial charge in [-0.2, -0.15) is 0 Å². The molecular weight excluding hydrogens is 340 g/mol. The van der Waals surface area contributed by atoms with Crippen molar-refractivity contribution in [3.63, 3.8) is 0 Å². The third-order valence-electron chi connectivity index (χ3n) is 3.17. The predicted molar refractivity (Wildman–Crippen MR) is 89.7 cm³/mol. The van der Waals surface area contributed by atoms with Gasteiger partial charge >= 0.3 is 0 Å². The van der Waals surface area contributed by atoms with Crippen molar-refractivity contribution in [2.45, 2.75) is 22.1 Å². The fourth-order valence-electron chi connectivity index (χ4n) is 1.88. The van der Waals surface area contributed by atoms with Gasteiger partial charge in [0.25, 0.3) is 0 Å². The van der Waals surface area contributed by atoms with Crippen LogP contribution in [0.5, 0.6) is 0 Å². The Morgan fingerprint density at radius 2 is 2.32 bits per heavy atom. The maximum atomic E-state index is 11.8. The number of hydrogen-bond donors (Lipinski definition) is 2. The lowest BCUT2D eigenvalue weighted by molar-refractivity contribution is -0.115. The molecule has 2 aromatic rings. The highest BCUT2D eigenvalue weighted by Crippen LogP contribution is 2.35. The molecule has 22 heavy (non-hydrogen) atoms. The highest BCUT2D eigenvalue weighted by molar-refractivity contribution is 8.01. The van der Waals surface area contributed by atoms with Crippen LogP contribution in [0, 0.1) is 5.92 Å². The second-order valence-corrected chi connectivity index (χ2v) is 7.60. The molecule has 1 aromatic heterocycles. The van der Waals surface area contributed by atoms with Crippen LogP contribution in [0.2, 0.25) is 5.02 Å². The van der Waals surface area contributed by atoms with Gasteiger partial charge in [0.2, 0.25) is 5.91 Å². The molecule has 8 heteroatoms. The standard InChI is InChI=1S/C14H15ClN4OS2/c15-11-5-10(18-13(20)7-16-6-9-1-2-9)3-4-12(11)22-14-19-17-8-21-14/h3-5,8-9,16H,1-2,6-7H2,(H,18,20). The van der Waals surface area contributed by atoms with E-state index in [0.717, 1.165) is 21.7 Å². The summed E-state index contributed by atoms with van der Waals surface area (Å²) in [6.07, 6.45) is 2.55. The summed E-state index contributed by atoms with van der Waals surface area (Å²) in [7, 11) is 0. The zero-order valence-corrected chi connectivity index (χ0v) is 14.1. The maximum absolute atomic E-state index is 11.8. The van der Waals surface area contributed by atoms with Crippen molar-refractivity contribution >= 4 is 46.3 Å². The van der Waals surface area contributed by atoms with Crippen LogP contribution in [0.3, 0.4) is 0 Å². The highest BCUT2D eigenvalue weighted by Gasteiger charge is 2.20. The first-order valence-electron chi connectivity index (χ1n) is 6.95. The Labute approximate surface area is 141 Å². The van der Waals surface area contributed by atoms with Gasteiger partial charge in [0.1, 0.15) is 5.51 Å². The van der Waals surface area contributed by atoms with Gasteiger partial charge in [0.05, 0.1) is 11.6 Å². The summed E-state index contributed by atoms with van der Waals surface area (Å²) in [6.45, 7) is 1.25. The van der Waals surface area contributed by atoms with E-state index < -0.39 is 0 Å². The van der Waals surface area contributed by atoms with Crippen LogP contribution in [0.4, 0.5) is 5.69 Å². The van der Waals surface area contributed by atoms with E-state index in [1.54, 1.807) is 11.6 Å². The molecular formula is C14H15ClN4OS2. The number of anilines is 1. The summed E-state index contributed by atoms with van der Waals surface area (Å²) < 4.78 is 0.836. The zero-order chi connectivity index (χ0) is 15.4. The molecule has 3 rings (SSSR count). The monoisotopic (exact) mass is 354 g/mol. The second-order valence-electron chi connectivity index (χ2n) is 5.07. The molecule has 5 nitrogen and oxygen atoms in total. The number of rotatable bonds is 7. The molecule has 1 aromatic carbocycles. The van der Waals surface area contributed by atoms with Crippen LogP contribution < -0.4 is 10.6 Å². The zero-order valence-electron chi connectivity index (χ0n) is 11.7. The van der Waals surface area contributed by atoms with E-state index in [2.05, 4.69) is 20.8 Å². The molecule has 0 aliphatic heterocycles. The van der Waals surface area contributed by atoms with E-state index in [1.807, 2.05) is 12.1 Å². The molecule has 1 aliphatic carbocycles. The SMILES string of the molecule is O=C(CNCC1CC1)Nc1ccc(Sc2nncs2)c(Cl)c1. The van der Waals surface area contributed by atoms with Crippen molar-refractivity contribution in [3.8, 4) is 0 Å². The highest BCUT2D eigenvalue weighted by atomic mass is 35.5. The predicted octanol–water partition coefficient (Wildman–Crippen LogP) is 3.28. The number of benzene rings is 1. The summed E-state index contributed by atoms with van der Waals surface area (Å²) in [4.78, 5) is 12.7. The molecule has 1 fully saturated rings. The molecule has 0 spiro atoms. The van der Waals surface area contributed by atoms with Crippen LogP contribution in [-0.4, -0.2) is 29.2 Å². The van der Waals surface area contributed by atoms with E-state index in [-0.39, 0.29) is 5.91 Å². The van der Waals surface area contributed by atoms with Gasteiger partial charge in [0, 0.05) is 10.6 Å². The summed E-state index contributed by atoms with van der Waals surface area (Å²) in [5.41, 5.74) is 2.38. The van der Waals surface area contributed by atoms with Crippen LogP contribution in [0.1, 0.15) is 12.8 Å². The minimum absolute atomic E-state index is 0.0544. The minimum atomic E-state index is -0.0544. The molecule has 1 heterocycles. The third kappa shape index (κ3) is 4.67. The molecule has 1 amide bonds. The van der Waals surface area contributed by atoms with Crippen molar-refractivity contribution in [1.82, 2.24) is 15.5 Å². The number of hydrogen-bond acceptors (Lipinski definition) is 6. The molecule has 0 bridgehead atoms. The molecule has 0 saturated heterocycles. The fraction of sp³-hybridized carbons (Fsp3) is 0.357. The molecule has 0 radical (unpaired) electrons. The number of carbonyl (C=O) groups is 1. The Bertz CT molecular complexity index is 646. The largest absolute Gasteiger partial charge is 0.325 e. The van der Waals surface area contributed by atoms with Crippen LogP contribution in [0.15, 0.2) is 32.9 Å². The van der Waals surface area contributed by atoms with Crippen molar-refractivity contribution < 1.29 is 4.79 Å². The Morgan fingerprint density at radius 3 is 3.00 bits per heavy atom. The molecule has 116 valence electrons. The van der Waals surface area contributed by atoms with Gasteiger partial charge in [-0.05, 0) is 43.5 Å². The summed E-state index contributed by atoms with van der Waals surface area (Å²) >= 11 is 9.17. The van der Waals surface area contributed by atoms with Crippen LogP contribution in [-0.2, 0) is 4.79 Å². The quantitative estimate of drug-likeness (QED) is 0.798. The Hall–Kier alpha value is -1.15. The van der Waals surface area contributed by atoms with Gasteiger partial charge in [-0.15, -0.1) is 10.2 Å². The van der Waals surface area contributed by atoms with Crippen molar-refractivity contribution in [2.75, 3.05) is 18.4 Å². The van der Waals surface area contributed by atoms with Crippen molar-refractivity contribution in [1.29, 1.82) is 0 Å². The van der Waals surface area contributed by atoms with Gasteiger partial charge in [0.15, 0.2) is 4.34 Å². The molecule has 2 N–H and O–H groups in total. The van der Waals surface area contributed by atoms with Crippen LogP contribution in [0.25, 0.3) is 0 Å². The lowest BCUT2D eigenvalue weighted by Gasteiger charge is -2.08. The number of halogens is 1. The molecule has 1 saturated carbocycles. The number of carbonyl (C=O) groups excluding carboxylic acids is 1. The first-order valence-corrected chi connectivity index (χ1v) is 9.02. The summed E-state index contributed by atoms with van der Waals surface area (Å²) in [6, 6.07) is 5.47. The van der Waals surface area contributed by atoms with Crippen LogP contribution >= 0.6 is 34.7 Å². The first kappa shape index (κ1) is 15.7. The van der Waals surface area contributed by atoms with Gasteiger partial charge in [-0.1, -0.05) is 34.7 Å². The summed E-state index contributed by atoms with van der Waals surface area (Å²) in [5, 5.41) is 14.4. The number of amides is 1. The van der Waals surface area contributed by atoms with E-state index >= 15 is 0 Å². The number of aromatic nitrogens is 2. The number of nitrogens with one attached hydrogen (secondary N) is 2. The van der Waals surface area contributed by atoms with Gasteiger partial charge in [-0.3, -0.25) is 4.79 Å². The third-order valence-corrected chi connectivity index (χ3v) is 5.45. The summed E-state index contributed by atoms with van der Waals surface area (Å²) in [5.74, 6) is 0.708. The lowest BCUT2D eigenvalue weighted by Crippen LogP contribution is -2.29. The molecule has 1 aliphatic rings. The average Bonchev–Trinajstić information content (AvgIpc) is 3.16. The lowest BCUT2D eigenvalue weighted by atomic mass is 10.3. The normalized spacial score (nSPS) is 14.0. The fourth-order valence-corrected chi connectivity index (χ4v) is 3.61. The topological polar surface area (TPSA) is 66.9 Å². The van der Waals surface area contributed by atoms with Gasteiger partial charge in [-0.25, -0.2) is 0 Å².